The van der Waals surface area contributed by atoms with E-state index in [0.29, 0.717) is 24.7 Å². The van der Waals surface area contributed by atoms with Crippen LogP contribution in [0.15, 0.2) is 24.3 Å². The summed E-state index contributed by atoms with van der Waals surface area (Å²) >= 11 is 0. The minimum absolute atomic E-state index is 0.0663. The zero-order valence-electron chi connectivity index (χ0n) is 14.3. The second-order valence-corrected chi connectivity index (χ2v) is 7.11. The minimum Gasteiger partial charge on any atom is -0.486 e. The Morgan fingerprint density at radius 2 is 1.84 bits per heavy atom. The third-order valence-electron chi connectivity index (χ3n) is 5.07. The summed E-state index contributed by atoms with van der Waals surface area (Å²) in [7, 11) is 0. The number of aliphatic carboxylic acids is 1. The van der Waals surface area contributed by atoms with E-state index in [1.807, 2.05) is 24.3 Å². The summed E-state index contributed by atoms with van der Waals surface area (Å²) in [6, 6.07) is 7.45. The van der Waals surface area contributed by atoms with Crippen molar-refractivity contribution >= 4 is 11.9 Å². The Labute approximate surface area is 147 Å². The first-order chi connectivity index (χ1) is 12.1. The van der Waals surface area contributed by atoms with Crippen LogP contribution in [0.4, 0.5) is 0 Å². The first-order valence-electron chi connectivity index (χ1n) is 8.93. The van der Waals surface area contributed by atoms with Gasteiger partial charge < -0.3 is 19.9 Å². The van der Waals surface area contributed by atoms with Gasteiger partial charge in [0.1, 0.15) is 12.7 Å². The van der Waals surface area contributed by atoms with Crippen LogP contribution in [0, 0.1) is 5.41 Å². The predicted octanol–water partition coefficient (Wildman–Crippen LogP) is 2.76. The molecule has 1 atom stereocenters. The van der Waals surface area contributed by atoms with Gasteiger partial charge in [-0.25, -0.2) is 0 Å². The number of carboxylic acids is 1. The molecule has 0 saturated heterocycles. The Bertz CT molecular complexity index is 624. The summed E-state index contributed by atoms with van der Waals surface area (Å²) in [6.45, 7) is 0.744. The zero-order chi connectivity index (χ0) is 17.7. The maximum absolute atomic E-state index is 12.4. The molecular formula is C19H25NO5. The average molecular weight is 347 g/mol. The van der Waals surface area contributed by atoms with E-state index in [4.69, 9.17) is 9.47 Å². The van der Waals surface area contributed by atoms with E-state index in [9.17, 15) is 14.7 Å². The van der Waals surface area contributed by atoms with Crippen molar-refractivity contribution in [3.8, 4) is 11.5 Å². The monoisotopic (exact) mass is 347 g/mol. The molecule has 1 aromatic carbocycles. The molecule has 6 heteroatoms. The Kier molecular flexibility index (Phi) is 5.46. The molecular weight excluding hydrogens is 322 g/mol. The van der Waals surface area contributed by atoms with Gasteiger partial charge in [-0.15, -0.1) is 0 Å². The maximum atomic E-state index is 12.4. The first-order valence-corrected chi connectivity index (χ1v) is 8.93. The second-order valence-electron chi connectivity index (χ2n) is 7.11. The summed E-state index contributed by atoms with van der Waals surface area (Å²) in [5, 5.41) is 12.1. The maximum Gasteiger partial charge on any atom is 0.303 e. The van der Waals surface area contributed by atoms with Gasteiger partial charge in [0.15, 0.2) is 11.5 Å². The van der Waals surface area contributed by atoms with Gasteiger partial charge in [-0.3, -0.25) is 9.59 Å². The number of fused-ring (bicyclic) bond motifs is 1. The molecule has 0 unspecified atom stereocenters. The van der Waals surface area contributed by atoms with Crippen LogP contribution in [0.2, 0.25) is 0 Å². The fourth-order valence-electron chi connectivity index (χ4n) is 3.83. The molecule has 1 saturated carbocycles. The molecule has 0 spiro atoms. The van der Waals surface area contributed by atoms with Gasteiger partial charge in [0.05, 0.1) is 13.0 Å². The lowest BCUT2D eigenvalue weighted by atomic mass is 9.69. The van der Waals surface area contributed by atoms with Crippen molar-refractivity contribution in [2.75, 3.05) is 13.2 Å². The number of nitrogens with one attached hydrogen (secondary N) is 1. The molecule has 1 aliphatic heterocycles. The zero-order valence-corrected chi connectivity index (χ0v) is 14.3. The fourth-order valence-corrected chi connectivity index (χ4v) is 3.83. The van der Waals surface area contributed by atoms with Gasteiger partial charge in [-0.1, -0.05) is 31.4 Å². The van der Waals surface area contributed by atoms with Crippen molar-refractivity contribution in [2.45, 2.75) is 51.0 Å². The van der Waals surface area contributed by atoms with Crippen LogP contribution in [-0.4, -0.2) is 36.2 Å². The standard InChI is InChI=1S/C19H25NO5/c21-17(10-19(11-18(22)23)8-4-1-5-9-19)20-12-14-13-24-15-6-2-3-7-16(15)25-14/h2-3,6-7,14H,1,4-5,8-13H2,(H,20,21)(H,22,23)/t14-/m1/s1. The van der Waals surface area contributed by atoms with Crippen molar-refractivity contribution < 1.29 is 24.2 Å². The minimum atomic E-state index is -0.824. The van der Waals surface area contributed by atoms with Gasteiger partial charge in [-0.05, 0) is 30.4 Å². The van der Waals surface area contributed by atoms with E-state index in [0.717, 1.165) is 32.1 Å². The topological polar surface area (TPSA) is 84.9 Å². The Morgan fingerprint density at radius 3 is 2.56 bits per heavy atom. The molecule has 1 amide bonds. The highest BCUT2D eigenvalue weighted by Crippen LogP contribution is 2.42. The third-order valence-corrected chi connectivity index (χ3v) is 5.07. The van der Waals surface area contributed by atoms with Crippen LogP contribution in [0.3, 0.4) is 0 Å². The van der Waals surface area contributed by atoms with Crippen molar-refractivity contribution in [3.63, 3.8) is 0 Å². The Balaban J connectivity index is 1.51. The van der Waals surface area contributed by atoms with E-state index in [-0.39, 0.29) is 24.9 Å². The molecule has 0 bridgehead atoms. The Hall–Kier alpha value is -2.24. The van der Waals surface area contributed by atoms with Crippen LogP contribution < -0.4 is 14.8 Å². The van der Waals surface area contributed by atoms with E-state index in [2.05, 4.69) is 5.32 Å². The van der Waals surface area contributed by atoms with E-state index < -0.39 is 11.4 Å². The smallest absolute Gasteiger partial charge is 0.303 e. The molecule has 1 fully saturated rings. The second kappa shape index (κ2) is 7.76. The van der Waals surface area contributed by atoms with Crippen LogP contribution >= 0.6 is 0 Å². The SMILES string of the molecule is O=C(O)CC1(CC(=O)NC[C@@H]2COc3ccccc3O2)CCCCC1. The fraction of sp³-hybridized carbons (Fsp3) is 0.579. The van der Waals surface area contributed by atoms with Crippen molar-refractivity contribution in [1.29, 1.82) is 0 Å². The summed E-state index contributed by atoms with van der Waals surface area (Å²) < 4.78 is 11.5. The Morgan fingerprint density at radius 1 is 1.12 bits per heavy atom. The van der Waals surface area contributed by atoms with E-state index in [1.54, 1.807) is 0 Å². The number of rotatable bonds is 6. The van der Waals surface area contributed by atoms with Crippen LogP contribution in [0.1, 0.15) is 44.9 Å². The lowest BCUT2D eigenvalue weighted by Gasteiger charge is -2.35. The number of carbonyl (C=O) groups is 2. The molecule has 1 aromatic rings. The molecule has 0 radical (unpaired) electrons. The first kappa shape index (κ1) is 17.6. The number of para-hydroxylation sites is 2. The van der Waals surface area contributed by atoms with Gasteiger partial charge in [0.2, 0.25) is 5.91 Å². The van der Waals surface area contributed by atoms with Gasteiger partial charge >= 0.3 is 5.97 Å². The number of benzene rings is 1. The number of amides is 1. The highest BCUT2D eigenvalue weighted by molar-refractivity contribution is 5.78. The molecule has 136 valence electrons. The lowest BCUT2D eigenvalue weighted by Crippen LogP contribution is -2.42. The number of hydrogen-bond donors (Lipinski definition) is 2. The summed E-state index contributed by atoms with van der Waals surface area (Å²) in [6.07, 6.45) is 4.83. The quantitative estimate of drug-likeness (QED) is 0.826. The molecule has 3 rings (SSSR count). The summed E-state index contributed by atoms with van der Waals surface area (Å²) in [5.74, 6) is 0.469. The van der Waals surface area contributed by atoms with Gasteiger partial charge in [-0.2, -0.15) is 0 Å². The van der Waals surface area contributed by atoms with Crippen molar-refractivity contribution in [3.05, 3.63) is 24.3 Å². The molecule has 2 aliphatic rings. The van der Waals surface area contributed by atoms with Crippen molar-refractivity contribution in [1.82, 2.24) is 5.32 Å². The highest BCUT2D eigenvalue weighted by atomic mass is 16.6. The van der Waals surface area contributed by atoms with Gasteiger partial charge in [0, 0.05) is 6.42 Å². The summed E-state index contributed by atoms with van der Waals surface area (Å²) in [4.78, 5) is 23.6. The highest BCUT2D eigenvalue weighted by Gasteiger charge is 2.36. The number of hydrogen-bond acceptors (Lipinski definition) is 4. The normalized spacial score (nSPS) is 21.4. The van der Waals surface area contributed by atoms with E-state index in [1.165, 1.54) is 0 Å². The summed E-state index contributed by atoms with van der Waals surface area (Å²) in [5.41, 5.74) is -0.398. The number of ether oxygens (including phenoxy) is 2. The van der Waals surface area contributed by atoms with Crippen LogP contribution in [0.5, 0.6) is 11.5 Å². The average Bonchev–Trinajstić information content (AvgIpc) is 2.60. The number of carbonyl (C=O) groups excluding carboxylic acids is 1. The third kappa shape index (κ3) is 4.65. The lowest BCUT2D eigenvalue weighted by molar-refractivity contribution is -0.141. The van der Waals surface area contributed by atoms with Gasteiger partial charge in [0.25, 0.3) is 0 Å². The molecule has 2 N–H and O–H groups in total. The predicted molar refractivity (Wildman–Crippen MR) is 91.8 cm³/mol. The van der Waals surface area contributed by atoms with Crippen LogP contribution in [0.25, 0.3) is 0 Å². The van der Waals surface area contributed by atoms with E-state index >= 15 is 0 Å². The van der Waals surface area contributed by atoms with Crippen LogP contribution in [-0.2, 0) is 9.59 Å². The molecule has 25 heavy (non-hydrogen) atoms. The number of carboxylic acid groups (broad SMARTS) is 1. The molecule has 1 aliphatic carbocycles. The van der Waals surface area contributed by atoms with Crippen molar-refractivity contribution in [2.24, 2.45) is 5.41 Å². The molecule has 6 nitrogen and oxygen atoms in total. The molecule has 1 heterocycles. The largest absolute Gasteiger partial charge is 0.486 e. The molecule has 0 aromatic heterocycles.